The maximum atomic E-state index is 13.1. The molecule has 0 aliphatic rings. The van der Waals surface area contributed by atoms with Gasteiger partial charge in [0, 0.05) is 24.2 Å². The van der Waals surface area contributed by atoms with Crippen molar-refractivity contribution in [2.75, 3.05) is 5.73 Å². The summed E-state index contributed by atoms with van der Waals surface area (Å²) < 4.78 is 13.1. The Morgan fingerprint density at radius 1 is 0.800 bits per heavy atom. The van der Waals surface area contributed by atoms with Crippen LogP contribution in [0.3, 0.4) is 0 Å². The van der Waals surface area contributed by atoms with E-state index in [-0.39, 0.29) is 5.82 Å². The van der Waals surface area contributed by atoms with Gasteiger partial charge < -0.3 is 5.73 Å². The van der Waals surface area contributed by atoms with Crippen molar-refractivity contribution in [1.29, 1.82) is 0 Å². The molecule has 0 aliphatic carbocycles. The van der Waals surface area contributed by atoms with Crippen LogP contribution in [0.1, 0.15) is 0 Å². The number of nitrogens with two attached hydrogens (primary N) is 1. The Balaban J connectivity index is 2.22. The summed E-state index contributed by atoms with van der Waals surface area (Å²) in [7, 11) is 0. The van der Waals surface area contributed by atoms with Gasteiger partial charge in [0.2, 0.25) is 0 Å². The van der Waals surface area contributed by atoms with Gasteiger partial charge in [-0.15, -0.1) is 0 Å². The molecule has 0 aliphatic heterocycles. The third kappa shape index (κ3) is 2.23. The number of hydrogen-bond donors (Lipinski definition) is 1. The summed E-state index contributed by atoms with van der Waals surface area (Å²) >= 11 is 0. The molecule has 3 rings (SSSR count). The molecular weight excluding hydrogens is 253 g/mol. The van der Waals surface area contributed by atoms with E-state index >= 15 is 0 Å². The van der Waals surface area contributed by atoms with E-state index in [0.717, 1.165) is 22.3 Å². The second kappa shape index (κ2) is 5.09. The highest BCUT2D eigenvalue weighted by Gasteiger charge is 2.11. The fraction of sp³-hybridized carbons (Fsp3) is 0. The Morgan fingerprint density at radius 2 is 1.50 bits per heavy atom. The lowest BCUT2D eigenvalue weighted by Gasteiger charge is -2.12. The van der Waals surface area contributed by atoms with Crippen LogP contribution in [0.15, 0.2) is 61.1 Å². The molecule has 0 amide bonds. The lowest BCUT2D eigenvalue weighted by atomic mass is 9.96. The molecule has 3 nitrogen and oxygen atoms in total. The van der Waals surface area contributed by atoms with Crippen LogP contribution in [0, 0.1) is 5.82 Å². The van der Waals surface area contributed by atoms with E-state index in [2.05, 4.69) is 9.97 Å². The predicted octanol–water partition coefficient (Wildman–Crippen LogP) is 3.53. The molecule has 2 N–H and O–H groups in total. The number of benzene rings is 1. The highest BCUT2D eigenvalue weighted by Crippen LogP contribution is 2.34. The molecule has 2 aromatic heterocycles. The minimum absolute atomic E-state index is 0.276. The minimum Gasteiger partial charge on any atom is -0.383 e. The van der Waals surface area contributed by atoms with Gasteiger partial charge in [-0.1, -0.05) is 12.1 Å². The van der Waals surface area contributed by atoms with E-state index in [1.54, 1.807) is 30.7 Å². The van der Waals surface area contributed by atoms with Crippen LogP contribution in [0.4, 0.5) is 10.2 Å². The lowest BCUT2D eigenvalue weighted by Crippen LogP contribution is -1.96. The fourth-order valence-corrected chi connectivity index (χ4v) is 2.17. The van der Waals surface area contributed by atoms with Crippen molar-refractivity contribution in [3.63, 3.8) is 0 Å². The molecule has 1 aromatic carbocycles. The Kier molecular flexibility index (Phi) is 3.13. The van der Waals surface area contributed by atoms with E-state index in [9.17, 15) is 4.39 Å². The molecule has 0 spiro atoms. The number of aromatic nitrogens is 2. The largest absolute Gasteiger partial charge is 0.383 e. The molecule has 3 aromatic rings. The molecule has 2 heterocycles. The van der Waals surface area contributed by atoms with Crippen molar-refractivity contribution >= 4 is 5.82 Å². The third-order valence-corrected chi connectivity index (χ3v) is 3.10. The predicted molar refractivity (Wildman–Crippen MR) is 77.3 cm³/mol. The Hall–Kier alpha value is -2.75. The van der Waals surface area contributed by atoms with Crippen LogP contribution in [0.5, 0.6) is 0 Å². The maximum Gasteiger partial charge on any atom is 0.131 e. The molecule has 0 saturated heterocycles. The van der Waals surface area contributed by atoms with Gasteiger partial charge in [-0.3, -0.25) is 4.98 Å². The van der Waals surface area contributed by atoms with Crippen molar-refractivity contribution < 1.29 is 4.39 Å². The van der Waals surface area contributed by atoms with Crippen molar-refractivity contribution in [3.05, 3.63) is 66.9 Å². The van der Waals surface area contributed by atoms with Gasteiger partial charge in [-0.25, -0.2) is 9.37 Å². The van der Waals surface area contributed by atoms with Crippen molar-refractivity contribution in [2.24, 2.45) is 0 Å². The zero-order valence-electron chi connectivity index (χ0n) is 10.6. The summed E-state index contributed by atoms with van der Waals surface area (Å²) in [5, 5.41) is 0. The smallest absolute Gasteiger partial charge is 0.131 e. The first kappa shape index (κ1) is 12.3. The van der Waals surface area contributed by atoms with Crippen molar-refractivity contribution in [1.82, 2.24) is 9.97 Å². The van der Waals surface area contributed by atoms with Crippen LogP contribution in [-0.2, 0) is 0 Å². The fourth-order valence-electron chi connectivity index (χ4n) is 2.17. The zero-order valence-corrected chi connectivity index (χ0v) is 10.6. The van der Waals surface area contributed by atoms with Crippen molar-refractivity contribution in [3.8, 4) is 22.3 Å². The Labute approximate surface area is 115 Å². The lowest BCUT2D eigenvalue weighted by molar-refractivity contribution is 0.628. The molecule has 0 unspecified atom stereocenters. The summed E-state index contributed by atoms with van der Waals surface area (Å²) in [6.45, 7) is 0. The summed E-state index contributed by atoms with van der Waals surface area (Å²) in [6, 6.07) is 11.9. The highest BCUT2D eigenvalue weighted by molar-refractivity contribution is 5.89. The average molecular weight is 265 g/mol. The van der Waals surface area contributed by atoms with Crippen LogP contribution < -0.4 is 5.73 Å². The van der Waals surface area contributed by atoms with Gasteiger partial charge in [0.1, 0.15) is 11.6 Å². The third-order valence-electron chi connectivity index (χ3n) is 3.10. The summed E-state index contributed by atoms with van der Waals surface area (Å²) in [4.78, 5) is 8.14. The number of anilines is 1. The van der Waals surface area contributed by atoms with Crippen LogP contribution >= 0.6 is 0 Å². The zero-order chi connectivity index (χ0) is 13.9. The first-order valence-corrected chi connectivity index (χ1v) is 6.16. The molecule has 0 radical (unpaired) electrons. The molecule has 0 atom stereocenters. The van der Waals surface area contributed by atoms with Gasteiger partial charge in [-0.05, 0) is 47.0 Å². The monoisotopic (exact) mass is 265 g/mol. The Morgan fingerprint density at radius 3 is 2.20 bits per heavy atom. The standard InChI is InChI=1S/C16H12FN3/c17-13-3-1-12(2-4-13)15-14(7-10-20-16(15)18)11-5-8-19-9-6-11/h1-10H,(H2,18,20). The molecule has 0 bridgehead atoms. The highest BCUT2D eigenvalue weighted by atomic mass is 19.1. The second-order valence-electron chi connectivity index (χ2n) is 4.36. The second-order valence-corrected chi connectivity index (χ2v) is 4.36. The average Bonchev–Trinajstić information content (AvgIpc) is 2.49. The first-order chi connectivity index (χ1) is 9.75. The van der Waals surface area contributed by atoms with Gasteiger partial charge in [0.15, 0.2) is 0 Å². The quantitative estimate of drug-likeness (QED) is 0.771. The van der Waals surface area contributed by atoms with E-state index in [1.165, 1.54) is 12.1 Å². The summed E-state index contributed by atoms with van der Waals surface area (Å²) in [5.74, 6) is 0.146. The number of pyridine rings is 2. The Bertz CT molecular complexity index is 724. The van der Waals surface area contributed by atoms with Gasteiger partial charge in [-0.2, -0.15) is 0 Å². The molecule has 98 valence electrons. The van der Waals surface area contributed by atoms with E-state index in [4.69, 9.17) is 5.73 Å². The van der Waals surface area contributed by atoms with Gasteiger partial charge >= 0.3 is 0 Å². The van der Waals surface area contributed by atoms with Gasteiger partial charge in [0.25, 0.3) is 0 Å². The molecule has 0 fully saturated rings. The molecule has 20 heavy (non-hydrogen) atoms. The van der Waals surface area contributed by atoms with Crippen molar-refractivity contribution in [2.45, 2.75) is 0 Å². The molecule has 0 saturated carbocycles. The van der Waals surface area contributed by atoms with E-state index in [1.807, 2.05) is 18.2 Å². The van der Waals surface area contributed by atoms with Crippen LogP contribution in [0.2, 0.25) is 0 Å². The first-order valence-electron chi connectivity index (χ1n) is 6.16. The summed E-state index contributed by atoms with van der Waals surface area (Å²) in [6.07, 6.45) is 5.11. The number of hydrogen-bond acceptors (Lipinski definition) is 3. The van der Waals surface area contributed by atoms with Gasteiger partial charge in [0.05, 0.1) is 0 Å². The van der Waals surface area contributed by atoms with E-state index in [0.29, 0.717) is 5.82 Å². The van der Waals surface area contributed by atoms with Crippen LogP contribution in [0.25, 0.3) is 22.3 Å². The number of nitrogens with zero attached hydrogens (tertiary/aromatic N) is 2. The topological polar surface area (TPSA) is 51.8 Å². The SMILES string of the molecule is Nc1nccc(-c2ccncc2)c1-c1ccc(F)cc1. The normalized spacial score (nSPS) is 10.4. The minimum atomic E-state index is -0.276. The van der Waals surface area contributed by atoms with E-state index < -0.39 is 0 Å². The number of nitrogen functional groups attached to an aromatic ring is 1. The maximum absolute atomic E-state index is 13.1. The summed E-state index contributed by atoms with van der Waals surface area (Å²) in [5.41, 5.74) is 9.59. The molecule has 4 heteroatoms. The number of halogens is 1. The molecular formula is C16H12FN3. The number of rotatable bonds is 2. The van der Waals surface area contributed by atoms with Crippen LogP contribution in [-0.4, -0.2) is 9.97 Å².